The number of piperazine rings is 1. The molecule has 0 spiro atoms. The maximum Gasteiger partial charge on any atom is 0.319 e. The number of hydrogen-bond donors (Lipinski definition) is 3. The highest BCUT2D eigenvalue weighted by molar-refractivity contribution is 7.28. The summed E-state index contributed by atoms with van der Waals surface area (Å²) in [7, 11) is 6.84. The van der Waals surface area contributed by atoms with Gasteiger partial charge in [-0.2, -0.15) is 15.1 Å². The molecule has 0 saturated carbocycles. The molecule has 5 saturated heterocycles. The third-order valence-corrected chi connectivity index (χ3v) is 17.4. The topological polar surface area (TPSA) is 149 Å². The maximum atomic E-state index is 15.2. The van der Waals surface area contributed by atoms with Crippen molar-refractivity contribution in [3.63, 3.8) is 0 Å². The number of carbonyl (C=O) groups excluding carboxylic acids is 1. The lowest BCUT2D eigenvalue weighted by Crippen LogP contribution is -2.51. The van der Waals surface area contributed by atoms with Crippen molar-refractivity contribution in [3.05, 3.63) is 78.3 Å². The molecular formula is C58H71FN11O4P. The number of carbonyl (C=O) groups is 1. The number of pyridine rings is 1. The first kappa shape index (κ1) is 51.3. The predicted octanol–water partition coefficient (Wildman–Crippen LogP) is 6.52. The van der Waals surface area contributed by atoms with Gasteiger partial charge in [-0.3, -0.25) is 14.6 Å². The van der Waals surface area contributed by atoms with Gasteiger partial charge in [-0.15, -0.1) is 15.7 Å². The summed E-state index contributed by atoms with van der Waals surface area (Å²) in [6, 6.07) is 17.0. The van der Waals surface area contributed by atoms with Crippen molar-refractivity contribution >= 4 is 70.7 Å². The molecule has 75 heavy (non-hydrogen) atoms. The Morgan fingerprint density at radius 1 is 1.08 bits per heavy atom. The maximum absolute atomic E-state index is 15.2. The van der Waals surface area contributed by atoms with E-state index in [0.29, 0.717) is 73.7 Å². The third-order valence-electron chi connectivity index (χ3n) is 16.9. The first-order valence-corrected chi connectivity index (χ1v) is 27.6. The van der Waals surface area contributed by atoms with Crippen molar-refractivity contribution in [1.82, 2.24) is 40.3 Å². The molecular weight excluding hydrogens is 965 g/mol. The Balaban J connectivity index is 0.719. The van der Waals surface area contributed by atoms with Crippen molar-refractivity contribution in [2.75, 3.05) is 93.9 Å². The summed E-state index contributed by atoms with van der Waals surface area (Å²) in [6.07, 6.45) is 17.9. The van der Waals surface area contributed by atoms with Crippen LogP contribution < -0.4 is 35.4 Å². The van der Waals surface area contributed by atoms with Crippen molar-refractivity contribution in [3.8, 4) is 29.6 Å². The minimum absolute atomic E-state index is 0.0122. The smallest absolute Gasteiger partial charge is 0.319 e. The average Bonchev–Trinajstić information content (AvgIpc) is 4.16. The van der Waals surface area contributed by atoms with Gasteiger partial charge in [0.15, 0.2) is 5.82 Å². The number of halogens is 1. The van der Waals surface area contributed by atoms with Crippen LogP contribution >= 0.6 is 9.24 Å². The van der Waals surface area contributed by atoms with E-state index in [0.717, 1.165) is 153 Å². The number of anilines is 3. The molecule has 0 amide bonds. The molecule has 11 rings (SSSR count). The first-order valence-electron chi connectivity index (χ1n) is 27.0. The van der Waals surface area contributed by atoms with E-state index in [2.05, 4.69) is 65.3 Å². The molecule has 17 heteroatoms. The molecule has 5 aliphatic rings. The molecule has 5 aliphatic heterocycles. The van der Waals surface area contributed by atoms with Gasteiger partial charge in [-0.25, -0.2) is 4.39 Å². The van der Waals surface area contributed by atoms with E-state index < -0.39 is 5.82 Å². The number of hydrogen-bond acceptors (Lipinski definition) is 14. The number of aliphatic hydroxyl groups excluding tert-OH is 1. The second-order valence-electron chi connectivity index (χ2n) is 21.8. The average molecular weight is 1040 g/mol. The number of aldehydes is 1. The Hall–Kier alpha value is -5.79. The Kier molecular flexibility index (Phi) is 15.1. The Bertz CT molecular complexity index is 3130. The lowest BCUT2D eigenvalue weighted by atomic mass is 9.94. The van der Waals surface area contributed by atoms with Crippen molar-refractivity contribution in [1.29, 1.82) is 0 Å². The zero-order chi connectivity index (χ0) is 51.8. The van der Waals surface area contributed by atoms with E-state index >= 15 is 4.39 Å². The minimum Gasteiger partial charge on any atom is -0.461 e. The number of aliphatic hydroxyl groups is 1. The summed E-state index contributed by atoms with van der Waals surface area (Å²) in [5, 5.41) is 26.5. The molecule has 6 atom stereocenters. The number of ether oxygens (including phenoxy) is 2. The number of nitrogens with one attached hydrogen (secondary N) is 2. The second kappa shape index (κ2) is 22.0. The van der Waals surface area contributed by atoms with Gasteiger partial charge < -0.3 is 44.7 Å². The fourth-order valence-electron chi connectivity index (χ4n) is 12.9. The molecule has 6 aromatic rings. The summed E-state index contributed by atoms with van der Waals surface area (Å²) in [4.78, 5) is 35.8. The summed E-state index contributed by atoms with van der Waals surface area (Å²) < 4.78 is 30.5. The van der Waals surface area contributed by atoms with Gasteiger partial charge in [0.1, 0.15) is 24.5 Å². The number of nitrogens with zero attached hydrogens (tertiary/aromatic N) is 9. The SMILES string of the molecule is C#Cc1c(F)ccc2cccc(-c3ncc4c(N5CC6CCC(C5)N6)nc(OCC56CCC(CNCCC(CCO)OCC7CCN(c8ccc9c(N(C)CCC=O)nn(C)c9c8)CC7)N5CC(=C)C6)nc4c3P)c12. The molecule has 3 aromatic heterocycles. The quantitative estimate of drug-likeness (QED) is 0.0250. The van der Waals surface area contributed by atoms with Crippen LogP contribution in [0.2, 0.25) is 0 Å². The fourth-order valence-corrected chi connectivity index (χ4v) is 13.4. The zero-order valence-corrected chi connectivity index (χ0v) is 44.6. The highest BCUT2D eigenvalue weighted by Gasteiger charge is 2.51. The van der Waals surface area contributed by atoms with Crippen molar-refractivity contribution < 1.29 is 23.8 Å². The summed E-state index contributed by atoms with van der Waals surface area (Å²) in [5.74, 6) is 4.34. The largest absolute Gasteiger partial charge is 0.461 e. The third kappa shape index (κ3) is 10.3. The zero-order valence-electron chi connectivity index (χ0n) is 43.4. The monoisotopic (exact) mass is 1040 g/mol. The lowest BCUT2D eigenvalue weighted by Gasteiger charge is -2.35. The molecule has 15 nitrogen and oxygen atoms in total. The Morgan fingerprint density at radius 2 is 1.91 bits per heavy atom. The highest BCUT2D eigenvalue weighted by Crippen LogP contribution is 2.45. The van der Waals surface area contributed by atoms with E-state index in [1.807, 2.05) is 48.1 Å². The molecule has 0 radical (unpaired) electrons. The van der Waals surface area contributed by atoms with Crippen molar-refractivity contribution in [2.24, 2.45) is 13.0 Å². The number of terminal acetylenes is 1. The van der Waals surface area contributed by atoms with Gasteiger partial charge in [0, 0.05) is 131 Å². The van der Waals surface area contributed by atoms with Gasteiger partial charge in [-0.1, -0.05) is 42.3 Å². The lowest BCUT2D eigenvalue weighted by molar-refractivity contribution is -0.107. The van der Waals surface area contributed by atoms with Crippen LogP contribution in [0, 0.1) is 24.1 Å². The minimum atomic E-state index is -0.439. The second-order valence-corrected chi connectivity index (χ2v) is 22.4. The summed E-state index contributed by atoms with van der Waals surface area (Å²) in [6.45, 7) is 12.4. The van der Waals surface area contributed by atoms with Crippen LogP contribution in [-0.2, 0) is 16.6 Å². The first-order chi connectivity index (χ1) is 36.5. The molecule has 6 unspecified atom stereocenters. The molecule has 3 N–H and O–H groups in total. The number of aromatic nitrogens is 5. The van der Waals surface area contributed by atoms with Gasteiger partial charge in [-0.05, 0) is 99.9 Å². The molecule has 394 valence electrons. The normalized spacial score (nSPS) is 22.4. The Labute approximate surface area is 441 Å². The van der Waals surface area contributed by atoms with Gasteiger partial charge in [0.05, 0.1) is 39.3 Å². The van der Waals surface area contributed by atoms with Crippen LogP contribution in [0.25, 0.3) is 43.8 Å². The number of piperidine rings is 1. The highest BCUT2D eigenvalue weighted by atomic mass is 31.0. The van der Waals surface area contributed by atoms with E-state index in [1.165, 1.54) is 17.3 Å². The standard InChI is InChI=1S/C58H71FN11O4P/c1-5-45-49(59)15-10-39-8-6-9-47(51(39)45)52-54(75)53-48(31-61-52)55(69-33-40-11-12-41(34-69)62-40)64-57(63-53)74-36-58-21-16-43(70(58)32-37(2)29-58)30-60-22-17-44(20-27-72)73-35-38-18-24-68(25-19-38)42-13-14-46-50(28-42)67(4)65-56(46)66(3)23-7-26-71/h1,6,8-10,13-15,26,28,31,38,40-41,43-44,60,62,72H,2,7,11-12,16-25,27,29-30,32-36,75H2,3-4H3. The molecule has 3 aromatic carbocycles. The summed E-state index contributed by atoms with van der Waals surface area (Å²) >= 11 is 0. The van der Waals surface area contributed by atoms with Gasteiger partial charge in [0.2, 0.25) is 0 Å². The molecule has 5 fully saturated rings. The van der Waals surface area contributed by atoms with Crippen LogP contribution in [0.3, 0.4) is 0 Å². The molecule has 0 aliphatic carbocycles. The van der Waals surface area contributed by atoms with E-state index in [1.54, 1.807) is 6.07 Å². The van der Waals surface area contributed by atoms with Crippen LogP contribution in [0.5, 0.6) is 6.01 Å². The molecule has 2 bridgehead atoms. The van der Waals surface area contributed by atoms with E-state index in [9.17, 15) is 9.90 Å². The van der Waals surface area contributed by atoms with Crippen molar-refractivity contribution in [2.45, 2.75) is 94.0 Å². The van der Waals surface area contributed by atoms with E-state index in [4.69, 9.17) is 35.9 Å². The number of benzene rings is 3. The van der Waals surface area contributed by atoms with E-state index in [-0.39, 0.29) is 23.8 Å². The van der Waals surface area contributed by atoms with Gasteiger partial charge in [0.25, 0.3) is 0 Å². The van der Waals surface area contributed by atoms with Gasteiger partial charge >= 0.3 is 6.01 Å². The Morgan fingerprint density at radius 3 is 2.69 bits per heavy atom. The fraction of sp³-hybridized carbons (Fsp3) is 0.500. The van der Waals surface area contributed by atoms with Crippen LogP contribution in [-0.4, -0.2) is 150 Å². The van der Waals surface area contributed by atoms with Crippen LogP contribution in [0.15, 0.2) is 66.9 Å². The number of fused-ring (bicyclic) bond motifs is 6. The number of rotatable bonds is 20. The van der Waals surface area contributed by atoms with Crippen LogP contribution in [0.1, 0.15) is 69.8 Å². The van der Waals surface area contributed by atoms with Crippen LogP contribution in [0.4, 0.5) is 21.7 Å². The predicted molar refractivity (Wildman–Crippen MR) is 300 cm³/mol. The number of aryl methyl sites for hydroxylation is 1. The molecule has 8 heterocycles. The summed E-state index contributed by atoms with van der Waals surface area (Å²) in [5.41, 5.74) is 5.62.